The smallest absolute Gasteiger partial charge is 0.113 e. The van der Waals surface area contributed by atoms with E-state index in [0.717, 1.165) is 24.3 Å². The van der Waals surface area contributed by atoms with Crippen LogP contribution in [0.3, 0.4) is 0 Å². The van der Waals surface area contributed by atoms with Crippen LogP contribution in [-0.4, -0.2) is 29.1 Å². The molecule has 0 bridgehead atoms. The molecule has 0 radical (unpaired) electrons. The maximum Gasteiger partial charge on any atom is 0.113 e. The van der Waals surface area contributed by atoms with Crippen LogP contribution in [0.4, 0.5) is 5.69 Å². The van der Waals surface area contributed by atoms with Crippen molar-refractivity contribution in [3.8, 4) is 6.07 Å². The van der Waals surface area contributed by atoms with Gasteiger partial charge < -0.3 is 10.6 Å². The van der Waals surface area contributed by atoms with E-state index in [4.69, 9.17) is 11.0 Å². The van der Waals surface area contributed by atoms with Gasteiger partial charge in [-0.25, -0.2) is 0 Å². The Kier molecular flexibility index (Phi) is 4.07. The van der Waals surface area contributed by atoms with E-state index in [1.807, 2.05) is 6.07 Å². The summed E-state index contributed by atoms with van der Waals surface area (Å²) < 4.78 is 0. The Morgan fingerprint density at radius 3 is 2.55 bits per heavy atom. The van der Waals surface area contributed by atoms with E-state index in [2.05, 4.69) is 27.9 Å². The van der Waals surface area contributed by atoms with Gasteiger partial charge in [0.05, 0.1) is 11.3 Å². The van der Waals surface area contributed by atoms with E-state index in [0.29, 0.717) is 17.0 Å². The molecular formula is C14H16ClN5. The van der Waals surface area contributed by atoms with Crippen LogP contribution >= 0.6 is 12.4 Å². The third-order valence-electron chi connectivity index (χ3n) is 3.74. The van der Waals surface area contributed by atoms with E-state index in [-0.39, 0.29) is 18.4 Å². The fraction of sp³-hybridized carbons (Fsp3) is 0.357. The van der Waals surface area contributed by atoms with Crippen molar-refractivity contribution in [1.82, 2.24) is 9.97 Å². The molecule has 0 saturated carbocycles. The molecule has 104 valence electrons. The predicted octanol–water partition coefficient (Wildman–Crippen LogP) is 1.71. The molecule has 2 aromatic rings. The number of hydrogen-bond acceptors (Lipinski definition) is 5. The first-order chi connectivity index (χ1) is 9.20. The zero-order valence-electron chi connectivity index (χ0n) is 11.2. The summed E-state index contributed by atoms with van der Waals surface area (Å²) in [5.41, 5.74) is 9.09. The quantitative estimate of drug-likeness (QED) is 0.864. The van der Waals surface area contributed by atoms with Crippen molar-refractivity contribution in [2.45, 2.75) is 13.0 Å². The molecule has 6 heteroatoms. The van der Waals surface area contributed by atoms with Crippen LogP contribution < -0.4 is 10.6 Å². The third-order valence-corrected chi connectivity index (χ3v) is 3.74. The van der Waals surface area contributed by atoms with Gasteiger partial charge in [-0.2, -0.15) is 5.26 Å². The minimum Gasteiger partial charge on any atom is -0.368 e. The van der Waals surface area contributed by atoms with E-state index in [1.165, 1.54) is 0 Å². The molecule has 2 N–H and O–H groups in total. The summed E-state index contributed by atoms with van der Waals surface area (Å²) in [6.07, 6.45) is 3.28. The van der Waals surface area contributed by atoms with E-state index >= 15 is 0 Å². The lowest BCUT2D eigenvalue weighted by molar-refractivity contribution is 0.566. The van der Waals surface area contributed by atoms with Gasteiger partial charge in [0.1, 0.15) is 17.1 Å². The van der Waals surface area contributed by atoms with Gasteiger partial charge in [0.2, 0.25) is 0 Å². The lowest BCUT2D eigenvalue weighted by atomic mass is 10.1. The van der Waals surface area contributed by atoms with Crippen LogP contribution in [0.1, 0.15) is 12.5 Å². The Morgan fingerprint density at radius 2 is 1.95 bits per heavy atom. The topological polar surface area (TPSA) is 78.8 Å². The number of fused-ring (bicyclic) bond motifs is 1. The molecule has 0 aliphatic carbocycles. The van der Waals surface area contributed by atoms with Gasteiger partial charge in [-0.1, -0.05) is 6.92 Å². The van der Waals surface area contributed by atoms with Crippen molar-refractivity contribution in [3.05, 3.63) is 30.1 Å². The van der Waals surface area contributed by atoms with Gasteiger partial charge in [0.15, 0.2) is 0 Å². The van der Waals surface area contributed by atoms with Gasteiger partial charge in [-0.3, -0.25) is 9.97 Å². The molecule has 0 spiro atoms. The number of nitriles is 1. The highest BCUT2D eigenvalue weighted by Crippen LogP contribution is 2.29. The molecule has 0 amide bonds. The molecule has 2 atom stereocenters. The number of aromatic nitrogens is 2. The lowest BCUT2D eigenvalue weighted by Gasteiger charge is -2.19. The molecule has 3 rings (SSSR count). The zero-order chi connectivity index (χ0) is 13.4. The highest BCUT2D eigenvalue weighted by Gasteiger charge is 2.28. The number of nitrogens with zero attached hydrogens (tertiary/aromatic N) is 4. The van der Waals surface area contributed by atoms with Crippen LogP contribution in [0, 0.1) is 17.2 Å². The minimum absolute atomic E-state index is 0. The predicted molar refractivity (Wildman–Crippen MR) is 80.9 cm³/mol. The monoisotopic (exact) mass is 289 g/mol. The molecule has 20 heavy (non-hydrogen) atoms. The normalized spacial score (nSPS) is 21.6. The first kappa shape index (κ1) is 14.5. The largest absolute Gasteiger partial charge is 0.368 e. The van der Waals surface area contributed by atoms with Crippen LogP contribution in [0.5, 0.6) is 0 Å². The Hall–Kier alpha value is -1.90. The zero-order valence-corrected chi connectivity index (χ0v) is 12.0. The number of rotatable bonds is 1. The number of anilines is 1. The molecule has 2 unspecified atom stereocenters. The number of benzene rings is 1. The van der Waals surface area contributed by atoms with Crippen molar-refractivity contribution >= 4 is 29.1 Å². The molecule has 1 saturated heterocycles. The van der Waals surface area contributed by atoms with Crippen LogP contribution in [0.25, 0.3) is 11.0 Å². The second-order valence-corrected chi connectivity index (χ2v) is 5.04. The molecular weight excluding hydrogens is 274 g/mol. The number of nitrogens with two attached hydrogens (primary N) is 1. The second-order valence-electron chi connectivity index (χ2n) is 5.04. The van der Waals surface area contributed by atoms with Gasteiger partial charge >= 0.3 is 0 Å². The van der Waals surface area contributed by atoms with E-state index < -0.39 is 0 Å². The molecule has 5 nitrogen and oxygen atoms in total. The number of hydrogen-bond donors (Lipinski definition) is 1. The second kappa shape index (κ2) is 5.61. The molecule has 1 fully saturated rings. The number of halogens is 1. The summed E-state index contributed by atoms with van der Waals surface area (Å²) in [6, 6.07) is 6.09. The highest BCUT2D eigenvalue weighted by atomic mass is 35.5. The van der Waals surface area contributed by atoms with Gasteiger partial charge in [-0.05, 0) is 18.1 Å². The van der Waals surface area contributed by atoms with Gasteiger partial charge in [0, 0.05) is 31.5 Å². The maximum absolute atomic E-state index is 9.12. The summed E-state index contributed by atoms with van der Waals surface area (Å²) >= 11 is 0. The summed E-state index contributed by atoms with van der Waals surface area (Å²) in [4.78, 5) is 10.9. The minimum atomic E-state index is 0. The first-order valence-electron chi connectivity index (χ1n) is 6.35. The average molecular weight is 290 g/mol. The van der Waals surface area contributed by atoms with Crippen LogP contribution in [-0.2, 0) is 0 Å². The Labute approximate surface area is 123 Å². The summed E-state index contributed by atoms with van der Waals surface area (Å²) in [5, 5.41) is 9.12. The standard InChI is InChI=1S/C14H15N5.ClH/c1-9-7-19(8-11(9)16)12-3-2-10(6-15)13-14(12)18-5-4-17-13;/h2-5,9,11H,7-8,16H2,1H3;1H. The third kappa shape index (κ3) is 2.28. The van der Waals surface area contributed by atoms with Crippen LogP contribution in [0.15, 0.2) is 24.5 Å². The molecule has 2 heterocycles. The Bertz CT molecular complexity index is 656. The lowest BCUT2D eigenvalue weighted by Crippen LogP contribution is -2.28. The van der Waals surface area contributed by atoms with Crippen molar-refractivity contribution in [2.24, 2.45) is 11.7 Å². The van der Waals surface area contributed by atoms with Crippen molar-refractivity contribution in [3.63, 3.8) is 0 Å². The van der Waals surface area contributed by atoms with Gasteiger partial charge in [0.25, 0.3) is 0 Å². The Morgan fingerprint density at radius 1 is 1.25 bits per heavy atom. The fourth-order valence-electron chi connectivity index (χ4n) is 2.58. The van der Waals surface area contributed by atoms with Gasteiger partial charge in [-0.15, -0.1) is 12.4 Å². The Balaban J connectivity index is 0.00000147. The fourth-order valence-corrected chi connectivity index (χ4v) is 2.58. The molecule has 1 aromatic carbocycles. The van der Waals surface area contributed by atoms with E-state index in [9.17, 15) is 0 Å². The summed E-state index contributed by atoms with van der Waals surface area (Å²) in [7, 11) is 0. The van der Waals surface area contributed by atoms with Crippen LogP contribution in [0.2, 0.25) is 0 Å². The molecule has 1 aromatic heterocycles. The average Bonchev–Trinajstić information content (AvgIpc) is 2.77. The molecule has 1 aliphatic rings. The van der Waals surface area contributed by atoms with Crippen molar-refractivity contribution < 1.29 is 0 Å². The highest BCUT2D eigenvalue weighted by molar-refractivity contribution is 5.92. The summed E-state index contributed by atoms with van der Waals surface area (Å²) in [5.74, 6) is 0.461. The SMILES string of the molecule is CC1CN(c2ccc(C#N)c3nccnc23)CC1N.Cl. The van der Waals surface area contributed by atoms with Crippen molar-refractivity contribution in [1.29, 1.82) is 5.26 Å². The summed E-state index contributed by atoms with van der Waals surface area (Å²) in [6.45, 7) is 3.89. The van der Waals surface area contributed by atoms with Crippen molar-refractivity contribution in [2.75, 3.05) is 18.0 Å². The molecule has 1 aliphatic heterocycles. The van der Waals surface area contributed by atoms with E-state index in [1.54, 1.807) is 18.5 Å². The maximum atomic E-state index is 9.12. The first-order valence-corrected chi connectivity index (χ1v) is 6.35.